The lowest BCUT2D eigenvalue weighted by molar-refractivity contribution is 0.304. The summed E-state index contributed by atoms with van der Waals surface area (Å²) in [4.78, 5) is 12.1. The monoisotopic (exact) mass is 284 g/mol. The SMILES string of the molecule is CCN1CCC(Cc2nc3cccnc3n2C2CCC2)C1. The molecule has 1 atom stereocenters. The molecule has 1 saturated carbocycles. The number of nitrogens with zero attached hydrogens (tertiary/aromatic N) is 4. The first-order chi connectivity index (χ1) is 10.3. The normalized spacial score (nSPS) is 23.8. The molecule has 0 radical (unpaired) electrons. The van der Waals surface area contributed by atoms with Crippen LogP contribution < -0.4 is 0 Å². The topological polar surface area (TPSA) is 34.0 Å². The molecule has 4 nitrogen and oxygen atoms in total. The Kier molecular flexibility index (Phi) is 3.42. The molecule has 0 N–H and O–H groups in total. The first kappa shape index (κ1) is 13.3. The van der Waals surface area contributed by atoms with Crippen LogP contribution in [0.15, 0.2) is 18.3 Å². The third-order valence-electron chi connectivity index (χ3n) is 5.25. The van der Waals surface area contributed by atoms with E-state index in [0.29, 0.717) is 6.04 Å². The summed E-state index contributed by atoms with van der Waals surface area (Å²) in [7, 11) is 0. The van der Waals surface area contributed by atoms with E-state index in [2.05, 4.69) is 27.4 Å². The number of imidazole rings is 1. The first-order valence-electron chi connectivity index (χ1n) is 8.39. The van der Waals surface area contributed by atoms with Crippen LogP contribution in [0.2, 0.25) is 0 Å². The third-order valence-corrected chi connectivity index (χ3v) is 5.25. The molecule has 0 spiro atoms. The second kappa shape index (κ2) is 5.41. The lowest BCUT2D eigenvalue weighted by Crippen LogP contribution is -2.23. The van der Waals surface area contributed by atoms with Gasteiger partial charge < -0.3 is 9.47 Å². The molecule has 1 saturated heterocycles. The summed E-state index contributed by atoms with van der Waals surface area (Å²) < 4.78 is 2.45. The summed E-state index contributed by atoms with van der Waals surface area (Å²) in [5, 5.41) is 0. The van der Waals surface area contributed by atoms with Crippen molar-refractivity contribution in [3.8, 4) is 0 Å². The van der Waals surface area contributed by atoms with Crippen LogP contribution in [0.1, 0.15) is 44.5 Å². The maximum atomic E-state index is 4.91. The van der Waals surface area contributed by atoms with Gasteiger partial charge in [-0.1, -0.05) is 6.92 Å². The lowest BCUT2D eigenvalue weighted by Gasteiger charge is -2.29. The Morgan fingerprint density at radius 2 is 2.19 bits per heavy atom. The van der Waals surface area contributed by atoms with E-state index >= 15 is 0 Å². The van der Waals surface area contributed by atoms with Crippen LogP contribution in [-0.4, -0.2) is 39.1 Å². The molecule has 1 aliphatic carbocycles. The van der Waals surface area contributed by atoms with Gasteiger partial charge in [0.1, 0.15) is 11.3 Å². The summed E-state index contributed by atoms with van der Waals surface area (Å²) in [5.74, 6) is 2.04. The van der Waals surface area contributed by atoms with E-state index < -0.39 is 0 Å². The average molecular weight is 284 g/mol. The van der Waals surface area contributed by atoms with Crippen LogP contribution in [-0.2, 0) is 6.42 Å². The van der Waals surface area contributed by atoms with Crippen LogP contribution in [0.25, 0.3) is 11.2 Å². The smallest absolute Gasteiger partial charge is 0.160 e. The minimum absolute atomic E-state index is 0.642. The largest absolute Gasteiger partial charge is 0.310 e. The highest BCUT2D eigenvalue weighted by Gasteiger charge is 2.28. The van der Waals surface area contributed by atoms with Crippen LogP contribution in [0.3, 0.4) is 0 Å². The van der Waals surface area contributed by atoms with Crippen molar-refractivity contribution in [2.24, 2.45) is 5.92 Å². The summed E-state index contributed by atoms with van der Waals surface area (Å²) in [5.41, 5.74) is 2.17. The van der Waals surface area contributed by atoms with Crippen molar-refractivity contribution in [3.63, 3.8) is 0 Å². The molecule has 0 bridgehead atoms. The molecule has 3 heterocycles. The molecule has 0 aromatic carbocycles. The predicted molar refractivity (Wildman–Crippen MR) is 84.3 cm³/mol. The Morgan fingerprint density at radius 3 is 2.90 bits per heavy atom. The van der Waals surface area contributed by atoms with Gasteiger partial charge in [-0.2, -0.15) is 0 Å². The van der Waals surface area contributed by atoms with Crippen LogP contribution in [0.4, 0.5) is 0 Å². The van der Waals surface area contributed by atoms with Gasteiger partial charge in [0.2, 0.25) is 0 Å². The molecule has 21 heavy (non-hydrogen) atoms. The minimum atomic E-state index is 0.642. The van der Waals surface area contributed by atoms with Gasteiger partial charge in [0, 0.05) is 25.2 Å². The van der Waals surface area contributed by atoms with E-state index in [1.165, 1.54) is 51.1 Å². The van der Waals surface area contributed by atoms with E-state index in [9.17, 15) is 0 Å². The second-order valence-corrected chi connectivity index (χ2v) is 6.58. The number of aromatic nitrogens is 3. The van der Waals surface area contributed by atoms with E-state index in [0.717, 1.165) is 23.5 Å². The predicted octanol–water partition coefficient (Wildman–Crippen LogP) is 3.04. The summed E-state index contributed by atoms with van der Waals surface area (Å²) in [6.45, 7) is 5.92. The standard InChI is InChI=1S/C17H24N4/c1-2-20-10-8-13(12-20)11-16-19-15-7-4-9-18-17(15)21(16)14-5-3-6-14/h4,7,9,13-14H,2-3,5-6,8,10-12H2,1H3. The fourth-order valence-electron chi connectivity index (χ4n) is 3.77. The van der Waals surface area contributed by atoms with Crippen molar-refractivity contribution in [1.82, 2.24) is 19.4 Å². The molecule has 2 aromatic rings. The van der Waals surface area contributed by atoms with Crippen molar-refractivity contribution in [3.05, 3.63) is 24.2 Å². The number of pyridine rings is 1. The molecule has 2 fully saturated rings. The average Bonchev–Trinajstić information content (AvgIpc) is 3.03. The van der Waals surface area contributed by atoms with Gasteiger partial charge in [-0.05, 0) is 56.8 Å². The van der Waals surface area contributed by atoms with Crippen LogP contribution >= 0.6 is 0 Å². The van der Waals surface area contributed by atoms with Crippen LogP contribution in [0.5, 0.6) is 0 Å². The molecule has 1 aliphatic heterocycles. The quantitative estimate of drug-likeness (QED) is 0.865. The van der Waals surface area contributed by atoms with Crippen LogP contribution in [0, 0.1) is 5.92 Å². The van der Waals surface area contributed by atoms with E-state index in [4.69, 9.17) is 4.98 Å². The number of likely N-dealkylation sites (tertiary alicyclic amines) is 1. The van der Waals surface area contributed by atoms with Gasteiger partial charge in [-0.3, -0.25) is 0 Å². The second-order valence-electron chi connectivity index (χ2n) is 6.58. The third kappa shape index (κ3) is 2.35. The molecule has 2 aliphatic rings. The molecule has 1 unspecified atom stereocenters. The summed E-state index contributed by atoms with van der Waals surface area (Å²) in [6, 6.07) is 4.75. The van der Waals surface area contributed by atoms with E-state index in [1.807, 2.05) is 12.3 Å². The highest BCUT2D eigenvalue weighted by molar-refractivity contribution is 5.71. The first-order valence-corrected chi connectivity index (χ1v) is 8.39. The number of hydrogen-bond acceptors (Lipinski definition) is 3. The fourth-order valence-corrected chi connectivity index (χ4v) is 3.77. The molecular weight excluding hydrogens is 260 g/mol. The Morgan fingerprint density at radius 1 is 1.29 bits per heavy atom. The van der Waals surface area contributed by atoms with Gasteiger partial charge in [0.25, 0.3) is 0 Å². The molecular formula is C17H24N4. The number of rotatable bonds is 4. The Balaban J connectivity index is 1.64. The van der Waals surface area contributed by atoms with E-state index in [-0.39, 0.29) is 0 Å². The number of hydrogen-bond donors (Lipinski definition) is 0. The van der Waals surface area contributed by atoms with Gasteiger partial charge in [-0.15, -0.1) is 0 Å². The van der Waals surface area contributed by atoms with Crippen molar-refractivity contribution in [2.45, 2.75) is 45.1 Å². The molecule has 112 valence electrons. The van der Waals surface area contributed by atoms with Gasteiger partial charge in [0.15, 0.2) is 5.65 Å². The fraction of sp³-hybridized carbons (Fsp3) is 0.647. The highest BCUT2D eigenvalue weighted by Crippen LogP contribution is 2.36. The van der Waals surface area contributed by atoms with Gasteiger partial charge in [0.05, 0.1) is 0 Å². The zero-order valence-electron chi connectivity index (χ0n) is 12.8. The summed E-state index contributed by atoms with van der Waals surface area (Å²) >= 11 is 0. The Labute approximate surface area is 126 Å². The summed E-state index contributed by atoms with van der Waals surface area (Å²) in [6.07, 6.45) is 8.26. The molecule has 4 heteroatoms. The van der Waals surface area contributed by atoms with Gasteiger partial charge >= 0.3 is 0 Å². The van der Waals surface area contributed by atoms with Crippen molar-refractivity contribution in [2.75, 3.05) is 19.6 Å². The molecule has 0 amide bonds. The van der Waals surface area contributed by atoms with E-state index in [1.54, 1.807) is 0 Å². The Hall–Kier alpha value is -1.42. The maximum Gasteiger partial charge on any atom is 0.160 e. The van der Waals surface area contributed by atoms with Crippen molar-refractivity contribution >= 4 is 11.2 Å². The van der Waals surface area contributed by atoms with Crippen molar-refractivity contribution < 1.29 is 0 Å². The zero-order chi connectivity index (χ0) is 14.2. The zero-order valence-corrected chi connectivity index (χ0v) is 12.8. The Bertz CT molecular complexity index is 629. The highest BCUT2D eigenvalue weighted by atomic mass is 15.2. The minimum Gasteiger partial charge on any atom is -0.310 e. The number of fused-ring (bicyclic) bond motifs is 1. The lowest BCUT2D eigenvalue weighted by atomic mass is 9.92. The molecule has 4 rings (SSSR count). The van der Waals surface area contributed by atoms with Gasteiger partial charge in [-0.25, -0.2) is 9.97 Å². The van der Waals surface area contributed by atoms with Crippen molar-refractivity contribution in [1.29, 1.82) is 0 Å². The molecule has 2 aromatic heterocycles. The maximum absolute atomic E-state index is 4.91.